The Morgan fingerprint density at radius 3 is 2.70 bits per heavy atom. The Morgan fingerprint density at radius 1 is 1.25 bits per heavy atom. The van der Waals surface area contributed by atoms with Gasteiger partial charge >= 0.3 is 0 Å². The maximum Gasteiger partial charge on any atom is 0.0468 e. The molecule has 0 spiro atoms. The molecule has 0 aliphatic heterocycles. The minimum atomic E-state index is 0.323. The topological polar surface area (TPSA) is 12.0 Å². The van der Waals surface area contributed by atoms with Crippen LogP contribution in [0.4, 0.5) is 0 Å². The molecule has 112 valence electrons. The number of allylic oxidation sites excluding steroid dienone is 1. The van der Waals surface area contributed by atoms with E-state index in [1.807, 2.05) is 24.3 Å². The molecule has 0 bridgehead atoms. The van der Waals surface area contributed by atoms with Crippen molar-refractivity contribution >= 4 is 23.2 Å². The highest BCUT2D eigenvalue weighted by Crippen LogP contribution is 2.29. The van der Waals surface area contributed by atoms with Crippen LogP contribution in [-0.2, 0) is 0 Å². The molecule has 20 heavy (non-hydrogen) atoms. The monoisotopic (exact) mass is 313 g/mol. The second-order valence-corrected chi connectivity index (χ2v) is 5.94. The fraction of sp³-hybridized carbons (Fsp3) is 0.529. The van der Waals surface area contributed by atoms with Crippen LogP contribution in [-0.4, -0.2) is 6.54 Å². The lowest BCUT2D eigenvalue weighted by atomic mass is 9.99. The van der Waals surface area contributed by atoms with Crippen molar-refractivity contribution in [2.24, 2.45) is 0 Å². The summed E-state index contributed by atoms with van der Waals surface area (Å²) in [6.45, 7) is 6.95. The molecule has 1 unspecified atom stereocenters. The van der Waals surface area contributed by atoms with Crippen LogP contribution in [0.5, 0.6) is 0 Å². The molecule has 0 heterocycles. The van der Waals surface area contributed by atoms with Gasteiger partial charge in [-0.15, -0.1) is 6.58 Å². The molecular weight excluding hydrogens is 289 g/mol. The first-order valence-electron chi connectivity index (χ1n) is 7.48. The molecule has 1 aromatic rings. The largest absolute Gasteiger partial charge is 0.310 e. The molecule has 0 aromatic heterocycles. The molecule has 0 aliphatic rings. The molecular formula is C17H25Cl2N. The molecule has 1 nitrogen and oxygen atoms in total. The Hall–Kier alpha value is -0.500. The summed E-state index contributed by atoms with van der Waals surface area (Å²) < 4.78 is 0. The van der Waals surface area contributed by atoms with Crippen molar-refractivity contribution in [3.05, 3.63) is 46.5 Å². The summed E-state index contributed by atoms with van der Waals surface area (Å²) in [6.07, 6.45) is 8.99. The van der Waals surface area contributed by atoms with Crippen molar-refractivity contribution in [1.82, 2.24) is 5.32 Å². The van der Waals surface area contributed by atoms with Crippen LogP contribution < -0.4 is 5.32 Å². The number of nitrogens with one attached hydrogen (secondary N) is 1. The van der Waals surface area contributed by atoms with E-state index >= 15 is 0 Å². The van der Waals surface area contributed by atoms with Crippen LogP contribution in [0.3, 0.4) is 0 Å². The Labute approximate surface area is 133 Å². The standard InChI is InChI=1S/C17H25Cl2N/c1-3-5-6-7-8-9-17(20-12-4-2)15-11-10-14(18)13-16(15)19/h3,10-11,13,17,20H,1,4-9,12H2,2H3. The fourth-order valence-electron chi connectivity index (χ4n) is 2.28. The predicted molar refractivity (Wildman–Crippen MR) is 90.8 cm³/mol. The lowest BCUT2D eigenvalue weighted by molar-refractivity contribution is 0.472. The van der Waals surface area contributed by atoms with Gasteiger partial charge in [0.2, 0.25) is 0 Å². The summed E-state index contributed by atoms with van der Waals surface area (Å²) in [6, 6.07) is 6.11. The number of unbranched alkanes of at least 4 members (excludes halogenated alkanes) is 3. The van der Waals surface area contributed by atoms with Crippen molar-refractivity contribution in [3.63, 3.8) is 0 Å². The molecule has 0 saturated heterocycles. The van der Waals surface area contributed by atoms with Gasteiger partial charge in [0.05, 0.1) is 0 Å². The van der Waals surface area contributed by atoms with Crippen LogP contribution in [0.25, 0.3) is 0 Å². The fourth-order valence-corrected chi connectivity index (χ4v) is 2.82. The van der Waals surface area contributed by atoms with Crippen molar-refractivity contribution in [2.45, 2.75) is 51.5 Å². The SMILES string of the molecule is C=CCCCCCC(NCCC)c1ccc(Cl)cc1Cl. The summed E-state index contributed by atoms with van der Waals surface area (Å²) >= 11 is 12.3. The third kappa shape index (κ3) is 6.30. The van der Waals surface area contributed by atoms with Crippen molar-refractivity contribution in [2.75, 3.05) is 6.54 Å². The van der Waals surface area contributed by atoms with Gasteiger partial charge in [-0.2, -0.15) is 0 Å². The highest BCUT2D eigenvalue weighted by atomic mass is 35.5. The van der Waals surface area contributed by atoms with E-state index < -0.39 is 0 Å². The summed E-state index contributed by atoms with van der Waals surface area (Å²) in [4.78, 5) is 0. The first-order valence-corrected chi connectivity index (χ1v) is 8.23. The van der Waals surface area contributed by atoms with E-state index in [2.05, 4.69) is 18.8 Å². The third-order valence-corrected chi connectivity index (χ3v) is 3.94. The molecule has 3 heteroatoms. The van der Waals surface area contributed by atoms with Crippen LogP contribution in [0, 0.1) is 0 Å². The molecule has 0 amide bonds. The Balaban J connectivity index is 2.60. The Morgan fingerprint density at radius 2 is 2.05 bits per heavy atom. The molecule has 0 fully saturated rings. The molecule has 1 aromatic carbocycles. The number of halogens is 2. The summed E-state index contributed by atoms with van der Waals surface area (Å²) in [5, 5.41) is 5.04. The minimum Gasteiger partial charge on any atom is -0.310 e. The number of hydrogen-bond acceptors (Lipinski definition) is 1. The van der Waals surface area contributed by atoms with Crippen LogP contribution in [0.15, 0.2) is 30.9 Å². The average molecular weight is 314 g/mol. The average Bonchev–Trinajstić information content (AvgIpc) is 2.43. The molecule has 1 N–H and O–H groups in total. The molecule has 1 atom stereocenters. The van der Waals surface area contributed by atoms with Gasteiger partial charge in [-0.3, -0.25) is 0 Å². The van der Waals surface area contributed by atoms with Gasteiger partial charge in [0.25, 0.3) is 0 Å². The minimum absolute atomic E-state index is 0.323. The maximum absolute atomic E-state index is 6.33. The highest BCUT2D eigenvalue weighted by Gasteiger charge is 2.13. The van der Waals surface area contributed by atoms with Gasteiger partial charge in [0, 0.05) is 16.1 Å². The zero-order chi connectivity index (χ0) is 14.8. The van der Waals surface area contributed by atoms with Gasteiger partial charge in [-0.25, -0.2) is 0 Å². The number of benzene rings is 1. The van der Waals surface area contributed by atoms with Crippen molar-refractivity contribution in [1.29, 1.82) is 0 Å². The normalized spacial score (nSPS) is 12.3. The Kier molecular flexibility index (Phi) is 9.00. The van der Waals surface area contributed by atoms with Gasteiger partial charge in [-0.1, -0.05) is 55.1 Å². The van der Waals surface area contributed by atoms with Gasteiger partial charge in [0.15, 0.2) is 0 Å². The summed E-state index contributed by atoms with van der Waals surface area (Å²) in [5.41, 5.74) is 1.16. The summed E-state index contributed by atoms with van der Waals surface area (Å²) in [5.74, 6) is 0. The molecule has 0 saturated carbocycles. The first-order chi connectivity index (χ1) is 9.69. The van der Waals surface area contributed by atoms with Gasteiger partial charge < -0.3 is 5.32 Å². The van der Waals surface area contributed by atoms with Crippen LogP contribution >= 0.6 is 23.2 Å². The van der Waals surface area contributed by atoms with Crippen molar-refractivity contribution in [3.8, 4) is 0 Å². The maximum atomic E-state index is 6.33. The smallest absolute Gasteiger partial charge is 0.0468 e. The zero-order valence-electron chi connectivity index (χ0n) is 12.3. The second kappa shape index (κ2) is 10.3. The molecule has 0 radical (unpaired) electrons. The van der Waals surface area contributed by atoms with E-state index in [4.69, 9.17) is 23.2 Å². The van der Waals surface area contributed by atoms with E-state index in [9.17, 15) is 0 Å². The van der Waals surface area contributed by atoms with Gasteiger partial charge in [0.1, 0.15) is 0 Å². The van der Waals surface area contributed by atoms with E-state index in [0.717, 1.165) is 36.4 Å². The lowest BCUT2D eigenvalue weighted by Gasteiger charge is -2.20. The predicted octanol–water partition coefficient (Wildman–Crippen LogP) is 6.17. The quantitative estimate of drug-likeness (QED) is 0.402. The van der Waals surface area contributed by atoms with Gasteiger partial charge in [-0.05, 0) is 49.9 Å². The lowest BCUT2D eigenvalue weighted by Crippen LogP contribution is -2.22. The van der Waals surface area contributed by atoms with Crippen LogP contribution in [0.2, 0.25) is 10.0 Å². The van der Waals surface area contributed by atoms with E-state index in [-0.39, 0.29) is 0 Å². The molecule has 0 aliphatic carbocycles. The van der Waals surface area contributed by atoms with E-state index in [0.29, 0.717) is 11.1 Å². The Bertz CT molecular complexity index is 404. The zero-order valence-corrected chi connectivity index (χ0v) is 13.8. The van der Waals surface area contributed by atoms with Crippen LogP contribution in [0.1, 0.15) is 57.1 Å². The van der Waals surface area contributed by atoms with Crippen molar-refractivity contribution < 1.29 is 0 Å². The second-order valence-electron chi connectivity index (χ2n) is 5.10. The van der Waals surface area contributed by atoms with E-state index in [1.165, 1.54) is 19.3 Å². The number of hydrogen-bond donors (Lipinski definition) is 1. The first kappa shape index (κ1) is 17.6. The summed E-state index contributed by atoms with van der Waals surface area (Å²) in [7, 11) is 0. The number of rotatable bonds is 10. The van der Waals surface area contributed by atoms with E-state index in [1.54, 1.807) is 0 Å². The third-order valence-electron chi connectivity index (χ3n) is 3.38. The highest BCUT2D eigenvalue weighted by molar-refractivity contribution is 6.35. The molecule has 1 rings (SSSR count).